The Morgan fingerprint density at radius 2 is 1.79 bits per heavy atom. The third-order valence-corrected chi connectivity index (χ3v) is 4.47. The van der Waals surface area contributed by atoms with Crippen molar-refractivity contribution in [3.8, 4) is 5.75 Å². The van der Waals surface area contributed by atoms with Crippen molar-refractivity contribution in [1.82, 2.24) is 10.2 Å². The van der Waals surface area contributed by atoms with Gasteiger partial charge in [0, 0.05) is 17.6 Å². The van der Waals surface area contributed by atoms with Gasteiger partial charge in [-0.2, -0.15) is 0 Å². The van der Waals surface area contributed by atoms with E-state index >= 15 is 0 Å². The molecule has 2 aromatic rings. The van der Waals surface area contributed by atoms with Gasteiger partial charge >= 0.3 is 0 Å². The fraction of sp³-hybridized carbons (Fsp3) is 0.364. The molecule has 0 fully saturated rings. The Hall–Kier alpha value is -2.53. The van der Waals surface area contributed by atoms with Crippen LogP contribution in [0.15, 0.2) is 48.5 Å². The number of rotatable bonds is 8. The first-order valence-corrected chi connectivity index (χ1v) is 9.68. The van der Waals surface area contributed by atoms with E-state index in [-0.39, 0.29) is 24.5 Å². The number of nitrogens with one attached hydrogen (secondary N) is 1. The Kier molecular flexibility index (Phi) is 7.88. The Morgan fingerprint density at radius 3 is 2.39 bits per heavy atom. The molecule has 0 spiro atoms. The van der Waals surface area contributed by atoms with Crippen molar-refractivity contribution in [1.29, 1.82) is 0 Å². The molecule has 2 aromatic carbocycles. The highest BCUT2D eigenvalue weighted by molar-refractivity contribution is 6.30. The van der Waals surface area contributed by atoms with Gasteiger partial charge in [0.2, 0.25) is 5.91 Å². The highest BCUT2D eigenvalue weighted by atomic mass is 35.5. The molecule has 0 saturated carbocycles. The van der Waals surface area contributed by atoms with Crippen molar-refractivity contribution in [2.75, 3.05) is 6.61 Å². The van der Waals surface area contributed by atoms with Crippen LogP contribution < -0.4 is 10.1 Å². The Bertz CT molecular complexity index is 806. The second kappa shape index (κ2) is 10.1. The van der Waals surface area contributed by atoms with Crippen molar-refractivity contribution in [2.24, 2.45) is 0 Å². The number of amides is 2. The van der Waals surface area contributed by atoms with Crippen LogP contribution in [0.2, 0.25) is 5.02 Å². The molecule has 2 amide bonds. The first kappa shape index (κ1) is 21.8. The SMILES string of the molecule is Cc1ccc(CN(C(=O)COc2cccc(Cl)c2)C(C)C(=O)NC(C)C)cc1. The van der Waals surface area contributed by atoms with Gasteiger partial charge in [-0.15, -0.1) is 0 Å². The number of nitrogens with zero attached hydrogens (tertiary/aromatic N) is 1. The van der Waals surface area contributed by atoms with Crippen molar-refractivity contribution >= 4 is 23.4 Å². The number of carbonyl (C=O) groups is 2. The van der Waals surface area contributed by atoms with Crippen LogP contribution in [0.5, 0.6) is 5.75 Å². The van der Waals surface area contributed by atoms with E-state index in [1.54, 1.807) is 31.2 Å². The van der Waals surface area contributed by atoms with Crippen LogP contribution in [0.3, 0.4) is 0 Å². The summed E-state index contributed by atoms with van der Waals surface area (Å²) in [4.78, 5) is 26.9. The Labute approximate surface area is 171 Å². The molecule has 28 heavy (non-hydrogen) atoms. The predicted octanol–water partition coefficient (Wildman–Crippen LogP) is 3.97. The van der Waals surface area contributed by atoms with Crippen molar-refractivity contribution in [3.05, 3.63) is 64.7 Å². The van der Waals surface area contributed by atoms with Gasteiger partial charge in [0.25, 0.3) is 5.91 Å². The lowest BCUT2D eigenvalue weighted by Gasteiger charge is -2.29. The summed E-state index contributed by atoms with van der Waals surface area (Å²) in [6.07, 6.45) is 0. The normalized spacial score (nSPS) is 11.8. The van der Waals surface area contributed by atoms with Crippen LogP contribution in [0.4, 0.5) is 0 Å². The molecular weight excluding hydrogens is 376 g/mol. The Morgan fingerprint density at radius 1 is 1.11 bits per heavy atom. The van der Waals surface area contributed by atoms with Crippen molar-refractivity contribution in [3.63, 3.8) is 0 Å². The zero-order chi connectivity index (χ0) is 20.7. The quantitative estimate of drug-likeness (QED) is 0.726. The maximum atomic E-state index is 12.9. The number of halogens is 1. The van der Waals surface area contributed by atoms with E-state index in [1.165, 1.54) is 4.90 Å². The average Bonchev–Trinajstić information content (AvgIpc) is 2.64. The third kappa shape index (κ3) is 6.57. The number of carbonyl (C=O) groups excluding carboxylic acids is 2. The summed E-state index contributed by atoms with van der Waals surface area (Å²) in [6.45, 7) is 7.65. The van der Waals surface area contributed by atoms with E-state index in [0.717, 1.165) is 11.1 Å². The summed E-state index contributed by atoms with van der Waals surface area (Å²) >= 11 is 5.95. The summed E-state index contributed by atoms with van der Waals surface area (Å²) in [5.41, 5.74) is 2.09. The first-order chi connectivity index (χ1) is 13.3. The van der Waals surface area contributed by atoms with E-state index in [4.69, 9.17) is 16.3 Å². The minimum absolute atomic E-state index is 0.00557. The van der Waals surface area contributed by atoms with Crippen LogP contribution in [0.25, 0.3) is 0 Å². The number of hydrogen-bond donors (Lipinski definition) is 1. The van der Waals surface area contributed by atoms with E-state index < -0.39 is 6.04 Å². The second-order valence-electron chi connectivity index (χ2n) is 7.09. The van der Waals surface area contributed by atoms with Crippen LogP contribution in [0.1, 0.15) is 31.9 Å². The lowest BCUT2D eigenvalue weighted by atomic mass is 10.1. The summed E-state index contributed by atoms with van der Waals surface area (Å²) in [5, 5.41) is 3.40. The minimum atomic E-state index is -0.626. The zero-order valence-electron chi connectivity index (χ0n) is 16.7. The lowest BCUT2D eigenvalue weighted by molar-refractivity contribution is -0.142. The monoisotopic (exact) mass is 402 g/mol. The van der Waals surface area contributed by atoms with Crippen molar-refractivity contribution in [2.45, 2.75) is 46.3 Å². The van der Waals surface area contributed by atoms with E-state index in [9.17, 15) is 9.59 Å². The molecule has 1 unspecified atom stereocenters. The fourth-order valence-electron chi connectivity index (χ4n) is 2.66. The van der Waals surface area contributed by atoms with Gasteiger partial charge < -0.3 is 15.0 Å². The summed E-state index contributed by atoms with van der Waals surface area (Å²) in [7, 11) is 0. The molecular formula is C22H27ClN2O3. The smallest absolute Gasteiger partial charge is 0.261 e. The van der Waals surface area contributed by atoms with E-state index in [2.05, 4.69) is 5.32 Å². The van der Waals surface area contributed by atoms with E-state index in [0.29, 0.717) is 17.3 Å². The molecule has 0 bridgehead atoms. The third-order valence-electron chi connectivity index (χ3n) is 4.23. The number of benzene rings is 2. The maximum Gasteiger partial charge on any atom is 0.261 e. The highest BCUT2D eigenvalue weighted by Crippen LogP contribution is 2.18. The first-order valence-electron chi connectivity index (χ1n) is 9.30. The summed E-state index contributed by atoms with van der Waals surface area (Å²) in [5.74, 6) is 0.0422. The van der Waals surface area contributed by atoms with Crippen LogP contribution in [-0.4, -0.2) is 35.4 Å². The zero-order valence-corrected chi connectivity index (χ0v) is 17.5. The summed E-state index contributed by atoms with van der Waals surface area (Å²) in [6, 6.07) is 14.1. The van der Waals surface area contributed by atoms with Crippen molar-refractivity contribution < 1.29 is 14.3 Å². The minimum Gasteiger partial charge on any atom is -0.484 e. The molecule has 5 nitrogen and oxygen atoms in total. The molecule has 0 aliphatic rings. The maximum absolute atomic E-state index is 12.9. The number of aryl methyl sites for hydroxylation is 1. The molecule has 0 aliphatic heterocycles. The number of ether oxygens (including phenoxy) is 1. The average molecular weight is 403 g/mol. The van der Waals surface area contributed by atoms with Crippen LogP contribution >= 0.6 is 11.6 Å². The molecule has 1 N–H and O–H groups in total. The molecule has 150 valence electrons. The molecule has 6 heteroatoms. The molecule has 2 rings (SSSR count). The predicted molar refractivity (Wildman–Crippen MR) is 111 cm³/mol. The molecule has 0 saturated heterocycles. The van der Waals surface area contributed by atoms with Gasteiger partial charge in [0.1, 0.15) is 11.8 Å². The van der Waals surface area contributed by atoms with Gasteiger partial charge in [-0.1, -0.05) is 47.5 Å². The topological polar surface area (TPSA) is 58.6 Å². The van der Waals surface area contributed by atoms with Crippen LogP contribution in [-0.2, 0) is 16.1 Å². The van der Waals surface area contributed by atoms with Gasteiger partial charge in [0.15, 0.2) is 6.61 Å². The standard InChI is InChI=1S/C22H27ClN2O3/c1-15(2)24-22(27)17(4)25(13-18-10-8-16(3)9-11-18)21(26)14-28-20-7-5-6-19(23)12-20/h5-12,15,17H,13-14H2,1-4H3,(H,24,27). The molecule has 1 atom stereocenters. The highest BCUT2D eigenvalue weighted by Gasteiger charge is 2.26. The largest absolute Gasteiger partial charge is 0.484 e. The fourth-order valence-corrected chi connectivity index (χ4v) is 2.84. The van der Waals surface area contributed by atoms with Gasteiger partial charge in [-0.25, -0.2) is 0 Å². The molecule has 0 aliphatic carbocycles. The van der Waals surface area contributed by atoms with Gasteiger partial charge in [-0.3, -0.25) is 9.59 Å². The lowest BCUT2D eigenvalue weighted by Crippen LogP contribution is -2.50. The Balaban J connectivity index is 2.14. The molecule has 0 radical (unpaired) electrons. The number of hydrogen-bond acceptors (Lipinski definition) is 3. The molecule has 0 heterocycles. The van der Waals surface area contributed by atoms with Crippen LogP contribution in [0, 0.1) is 6.92 Å². The molecule has 0 aromatic heterocycles. The van der Waals surface area contributed by atoms with E-state index in [1.807, 2.05) is 45.0 Å². The van der Waals surface area contributed by atoms with Gasteiger partial charge in [0.05, 0.1) is 0 Å². The second-order valence-corrected chi connectivity index (χ2v) is 7.53. The summed E-state index contributed by atoms with van der Waals surface area (Å²) < 4.78 is 5.59. The van der Waals surface area contributed by atoms with Gasteiger partial charge in [-0.05, 0) is 51.5 Å².